The van der Waals surface area contributed by atoms with Crippen molar-refractivity contribution in [3.63, 3.8) is 0 Å². The Morgan fingerprint density at radius 1 is 1.40 bits per heavy atom. The number of nitrogens with one attached hydrogen (secondary N) is 1. The molecule has 0 bridgehead atoms. The molecule has 1 N–H and O–H groups in total. The topological polar surface area (TPSA) is 55.6 Å². The Balaban J connectivity index is 2.21. The number of pyridine rings is 1. The molecule has 2 rings (SSSR count). The molecule has 0 aliphatic carbocycles. The van der Waals surface area contributed by atoms with Crippen LogP contribution in [0, 0.1) is 0 Å². The molecule has 0 radical (unpaired) electrons. The Labute approximate surface area is 91.9 Å². The van der Waals surface area contributed by atoms with Crippen molar-refractivity contribution in [1.82, 2.24) is 19.7 Å². The third kappa shape index (κ3) is 2.27. The fourth-order valence-electron chi connectivity index (χ4n) is 1.09. The van der Waals surface area contributed by atoms with E-state index in [2.05, 4.69) is 20.4 Å². The quantitative estimate of drug-likeness (QED) is 0.849. The van der Waals surface area contributed by atoms with Crippen LogP contribution in [-0.2, 0) is 7.05 Å². The highest BCUT2D eigenvalue weighted by Gasteiger charge is 2.03. The molecule has 0 spiro atoms. The summed E-state index contributed by atoms with van der Waals surface area (Å²) in [6.45, 7) is 0. The van der Waals surface area contributed by atoms with Crippen LogP contribution in [0.2, 0.25) is 0 Å². The summed E-state index contributed by atoms with van der Waals surface area (Å²) in [5.41, 5.74) is 0. The minimum atomic E-state index is 0.849. The van der Waals surface area contributed by atoms with Gasteiger partial charge in [0, 0.05) is 25.2 Å². The van der Waals surface area contributed by atoms with Gasteiger partial charge in [-0.25, -0.2) is 14.6 Å². The first-order valence-corrected chi connectivity index (χ1v) is 5.27. The summed E-state index contributed by atoms with van der Waals surface area (Å²) >= 11 is 1.56. The van der Waals surface area contributed by atoms with Crippen LogP contribution in [0.5, 0.6) is 0 Å². The molecule has 0 saturated carbocycles. The van der Waals surface area contributed by atoms with Crippen LogP contribution >= 0.6 is 11.8 Å². The van der Waals surface area contributed by atoms with E-state index in [-0.39, 0.29) is 0 Å². The summed E-state index contributed by atoms with van der Waals surface area (Å²) in [5.74, 6) is 0.849. The molecule has 0 atom stereocenters. The molecule has 0 amide bonds. The zero-order chi connectivity index (χ0) is 10.7. The molecule has 2 aromatic heterocycles. The lowest BCUT2D eigenvalue weighted by Crippen LogP contribution is -1.94. The number of hydrogen-bond donors (Lipinski definition) is 1. The third-order valence-corrected chi connectivity index (χ3v) is 2.91. The Hall–Kier alpha value is -1.56. The summed E-state index contributed by atoms with van der Waals surface area (Å²) in [4.78, 5) is 9.37. The minimum Gasteiger partial charge on any atom is -0.373 e. The second kappa shape index (κ2) is 4.31. The third-order valence-electron chi connectivity index (χ3n) is 1.87. The van der Waals surface area contributed by atoms with E-state index in [0.29, 0.717) is 0 Å². The van der Waals surface area contributed by atoms with Crippen LogP contribution in [0.15, 0.2) is 34.7 Å². The molecule has 0 saturated heterocycles. The first-order valence-electron chi connectivity index (χ1n) is 4.45. The second-order valence-electron chi connectivity index (χ2n) is 2.90. The highest BCUT2D eigenvalue weighted by atomic mass is 32.2. The summed E-state index contributed by atoms with van der Waals surface area (Å²) in [5, 5.41) is 7.87. The predicted molar refractivity (Wildman–Crippen MR) is 58.9 cm³/mol. The fraction of sp³-hybridized carbons (Fsp3) is 0.222. The lowest BCUT2D eigenvalue weighted by molar-refractivity contribution is 0.685. The van der Waals surface area contributed by atoms with Gasteiger partial charge >= 0.3 is 0 Å². The van der Waals surface area contributed by atoms with Gasteiger partial charge in [-0.2, -0.15) is 5.10 Å². The molecule has 2 aromatic rings. The maximum absolute atomic E-state index is 4.14. The van der Waals surface area contributed by atoms with E-state index in [1.807, 2.05) is 26.2 Å². The molecule has 0 aliphatic rings. The van der Waals surface area contributed by atoms with E-state index < -0.39 is 0 Å². The molecular weight excluding hydrogens is 210 g/mol. The number of aryl methyl sites for hydroxylation is 1. The molecular formula is C9H11N5S. The van der Waals surface area contributed by atoms with Crippen LogP contribution in [0.3, 0.4) is 0 Å². The summed E-state index contributed by atoms with van der Waals surface area (Å²) in [6, 6.07) is 3.92. The van der Waals surface area contributed by atoms with Crippen LogP contribution in [0.1, 0.15) is 0 Å². The number of nitrogens with zero attached hydrogens (tertiary/aromatic N) is 4. The summed E-state index contributed by atoms with van der Waals surface area (Å²) in [7, 11) is 3.72. The maximum atomic E-state index is 4.14. The highest BCUT2D eigenvalue weighted by molar-refractivity contribution is 7.99. The van der Waals surface area contributed by atoms with E-state index in [0.717, 1.165) is 15.9 Å². The smallest absolute Gasteiger partial charge is 0.190 e. The first kappa shape index (κ1) is 9.97. The van der Waals surface area contributed by atoms with Crippen molar-refractivity contribution in [2.75, 3.05) is 12.4 Å². The molecule has 0 unspecified atom stereocenters. The van der Waals surface area contributed by atoms with Crippen LogP contribution in [-0.4, -0.2) is 26.8 Å². The first-order chi connectivity index (χ1) is 7.29. The van der Waals surface area contributed by atoms with E-state index in [1.165, 1.54) is 0 Å². The average molecular weight is 221 g/mol. The van der Waals surface area contributed by atoms with Crippen LogP contribution < -0.4 is 5.32 Å². The van der Waals surface area contributed by atoms with Gasteiger partial charge in [-0.3, -0.25) is 0 Å². The van der Waals surface area contributed by atoms with Gasteiger partial charge in [-0.05, 0) is 23.9 Å². The predicted octanol–water partition coefficient (Wildman–Crippen LogP) is 1.40. The van der Waals surface area contributed by atoms with Crippen molar-refractivity contribution in [2.24, 2.45) is 7.05 Å². The number of hydrogen-bond acceptors (Lipinski definition) is 5. The standard InChI is InChI=1S/C9H11N5S/c1-10-8-5-7(3-4-11-8)15-9-12-6-13-14(9)2/h3-6H,1-2H3,(H,10,11). The fourth-order valence-corrected chi connectivity index (χ4v) is 1.88. The van der Waals surface area contributed by atoms with E-state index >= 15 is 0 Å². The molecule has 0 aromatic carbocycles. The molecule has 2 heterocycles. The zero-order valence-electron chi connectivity index (χ0n) is 8.51. The van der Waals surface area contributed by atoms with Crippen molar-refractivity contribution < 1.29 is 0 Å². The SMILES string of the molecule is CNc1cc(Sc2ncnn2C)ccn1. The van der Waals surface area contributed by atoms with Gasteiger partial charge in [-0.1, -0.05) is 0 Å². The maximum Gasteiger partial charge on any atom is 0.190 e. The molecule has 78 valence electrons. The normalized spacial score (nSPS) is 10.3. The van der Waals surface area contributed by atoms with Crippen molar-refractivity contribution in [3.8, 4) is 0 Å². The summed E-state index contributed by atoms with van der Waals surface area (Å²) in [6.07, 6.45) is 3.31. The molecule has 6 heteroatoms. The lowest BCUT2D eigenvalue weighted by Gasteiger charge is -2.02. The lowest BCUT2D eigenvalue weighted by atomic mass is 10.5. The Kier molecular flexibility index (Phi) is 2.86. The highest BCUT2D eigenvalue weighted by Crippen LogP contribution is 2.25. The van der Waals surface area contributed by atoms with Crippen LogP contribution in [0.25, 0.3) is 0 Å². The number of rotatable bonds is 3. The number of anilines is 1. The van der Waals surface area contributed by atoms with Gasteiger partial charge in [0.25, 0.3) is 0 Å². The molecule has 15 heavy (non-hydrogen) atoms. The van der Waals surface area contributed by atoms with Crippen LogP contribution in [0.4, 0.5) is 5.82 Å². The van der Waals surface area contributed by atoms with Gasteiger partial charge in [0.2, 0.25) is 0 Å². The van der Waals surface area contributed by atoms with Gasteiger partial charge in [-0.15, -0.1) is 0 Å². The largest absolute Gasteiger partial charge is 0.373 e. The number of aromatic nitrogens is 4. The van der Waals surface area contributed by atoms with E-state index in [9.17, 15) is 0 Å². The second-order valence-corrected chi connectivity index (χ2v) is 3.94. The van der Waals surface area contributed by atoms with Gasteiger partial charge in [0.1, 0.15) is 12.1 Å². The van der Waals surface area contributed by atoms with Crippen molar-refractivity contribution in [2.45, 2.75) is 10.1 Å². The average Bonchev–Trinajstić information content (AvgIpc) is 2.65. The van der Waals surface area contributed by atoms with Gasteiger partial charge in [0.05, 0.1) is 0 Å². The Bertz CT molecular complexity index is 453. The Morgan fingerprint density at radius 2 is 2.27 bits per heavy atom. The molecule has 0 aliphatic heterocycles. The van der Waals surface area contributed by atoms with E-state index in [1.54, 1.807) is 29.0 Å². The van der Waals surface area contributed by atoms with Gasteiger partial charge in [0.15, 0.2) is 5.16 Å². The molecule has 0 fully saturated rings. The minimum absolute atomic E-state index is 0.849. The molecule has 5 nitrogen and oxygen atoms in total. The van der Waals surface area contributed by atoms with Crippen molar-refractivity contribution in [3.05, 3.63) is 24.7 Å². The van der Waals surface area contributed by atoms with Crippen molar-refractivity contribution >= 4 is 17.6 Å². The van der Waals surface area contributed by atoms with E-state index in [4.69, 9.17) is 0 Å². The monoisotopic (exact) mass is 221 g/mol. The Morgan fingerprint density at radius 3 is 2.93 bits per heavy atom. The van der Waals surface area contributed by atoms with Gasteiger partial charge < -0.3 is 5.32 Å². The van der Waals surface area contributed by atoms with Crippen molar-refractivity contribution in [1.29, 1.82) is 0 Å². The summed E-state index contributed by atoms with van der Waals surface area (Å²) < 4.78 is 1.74. The zero-order valence-corrected chi connectivity index (χ0v) is 9.32.